The third kappa shape index (κ3) is 6.09. The number of hydrogen-bond acceptors (Lipinski definition) is 4. The maximum atomic E-state index is 4.34. The van der Waals surface area contributed by atoms with Gasteiger partial charge in [0.1, 0.15) is 11.6 Å². The van der Waals surface area contributed by atoms with Crippen LogP contribution in [0.3, 0.4) is 0 Å². The van der Waals surface area contributed by atoms with Crippen LogP contribution >= 0.6 is 0 Å². The Hall–Kier alpha value is -1.66. The van der Waals surface area contributed by atoms with Gasteiger partial charge in [0, 0.05) is 24.8 Å². The monoisotopic (exact) mass is 332 g/mol. The molecule has 0 saturated carbocycles. The van der Waals surface area contributed by atoms with Gasteiger partial charge in [0.2, 0.25) is 0 Å². The zero-order chi connectivity index (χ0) is 17.0. The predicted molar refractivity (Wildman–Crippen MR) is 97.7 cm³/mol. The van der Waals surface area contributed by atoms with Gasteiger partial charge in [-0.1, -0.05) is 26.7 Å². The van der Waals surface area contributed by atoms with Gasteiger partial charge in [-0.15, -0.1) is 0 Å². The summed E-state index contributed by atoms with van der Waals surface area (Å²) in [6.45, 7) is 6.48. The average molecular weight is 332 g/mol. The molecular weight excluding hydrogens is 300 g/mol. The molecule has 24 heavy (non-hydrogen) atoms. The number of nitrogens with zero attached hydrogens (tertiary/aromatic N) is 2. The molecular formula is C18H32N6. The molecule has 0 aliphatic carbocycles. The molecule has 0 aliphatic heterocycles. The number of H-pyrrole nitrogens is 2. The lowest BCUT2D eigenvalue weighted by atomic mass is 10.1. The molecule has 2 aromatic rings. The van der Waals surface area contributed by atoms with E-state index in [4.69, 9.17) is 0 Å². The second-order valence-electron chi connectivity index (χ2n) is 6.19. The Labute approximate surface area is 145 Å². The summed E-state index contributed by atoms with van der Waals surface area (Å²) >= 11 is 0. The van der Waals surface area contributed by atoms with Gasteiger partial charge in [0.05, 0.1) is 12.1 Å². The standard InChI is InChI=1S/C18H32N6/c1-3-15(17-21-11-12-22-17)19-9-7-5-6-8-10-20-16(4-2)18-23-13-14-24-18/h11-16,19-20H,3-10H2,1-2H3,(H,21,22)(H,23,24). The number of nitrogens with one attached hydrogen (secondary N) is 4. The zero-order valence-corrected chi connectivity index (χ0v) is 15.0. The molecule has 0 saturated heterocycles. The smallest absolute Gasteiger partial charge is 0.123 e. The van der Waals surface area contributed by atoms with Crippen molar-refractivity contribution < 1.29 is 0 Å². The Bertz CT molecular complexity index is 459. The highest BCUT2D eigenvalue weighted by atomic mass is 15.0. The third-order valence-electron chi connectivity index (χ3n) is 4.40. The summed E-state index contributed by atoms with van der Waals surface area (Å²) in [6.07, 6.45) is 14.5. The van der Waals surface area contributed by atoms with Gasteiger partial charge in [0.25, 0.3) is 0 Å². The van der Waals surface area contributed by atoms with Crippen molar-refractivity contribution in [3.8, 4) is 0 Å². The number of unbranched alkanes of at least 4 members (excludes halogenated alkanes) is 3. The van der Waals surface area contributed by atoms with Crippen molar-refractivity contribution in [2.24, 2.45) is 0 Å². The first-order chi connectivity index (χ1) is 11.8. The highest BCUT2D eigenvalue weighted by Crippen LogP contribution is 2.12. The molecule has 0 spiro atoms. The fraction of sp³-hybridized carbons (Fsp3) is 0.667. The number of aromatic nitrogens is 4. The van der Waals surface area contributed by atoms with Gasteiger partial charge in [-0.25, -0.2) is 9.97 Å². The van der Waals surface area contributed by atoms with Gasteiger partial charge in [0.15, 0.2) is 0 Å². The predicted octanol–water partition coefficient (Wildman–Crippen LogP) is 3.47. The molecule has 0 bridgehead atoms. The molecule has 6 nitrogen and oxygen atoms in total. The van der Waals surface area contributed by atoms with Crippen LogP contribution in [0.1, 0.15) is 76.1 Å². The molecule has 6 heteroatoms. The van der Waals surface area contributed by atoms with Gasteiger partial charge in [-0.05, 0) is 38.8 Å². The van der Waals surface area contributed by atoms with Crippen molar-refractivity contribution in [3.63, 3.8) is 0 Å². The van der Waals surface area contributed by atoms with Gasteiger partial charge in [-0.3, -0.25) is 0 Å². The molecule has 2 atom stereocenters. The highest BCUT2D eigenvalue weighted by Gasteiger charge is 2.11. The Morgan fingerprint density at radius 3 is 1.58 bits per heavy atom. The van der Waals surface area contributed by atoms with Crippen LogP contribution in [-0.2, 0) is 0 Å². The van der Waals surface area contributed by atoms with Crippen LogP contribution in [0.2, 0.25) is 0 Å². The van der Waals surface area contributed by atoms with E-state index in [1.807, 2.05) is 24.8 Å². The van der Waals surface area contributed by atoms with Crippen molar-refractivity contribution in [2.45, 2.75) is 64.5 Å². The normalized spacial score (nSPS) is 13.9. The van der Waals surface area contributed by atoms with Crippen molar-refractivity contribution in [2.75, 3.05) is 13.1 Å². The van der Waals surface area contributed by atoms with E-state index < -0.39 is 0 Å². The quantitative estimate of drug-likeness (QED) is 0.423. The van der Waals surface area contributed by atoms with Gasteiger partial charge < -0.3 is 20.6 Å². The first-order valence-corrected chi connectivity index (χ1v) is 9.30. The van der Waals surface area contributed by atoms with E-state index in [9.17, 15) is 0 Å². The Kier molecular flexibility index (Phi) is 8.55. The van der Waals surface area contributed by atoms with Crippen LogP contribution in [0.25, 0.3) is 0 Å². The van der Waals surface area contributed by atoms with Gasteiger partial charge in [-0.2, -0.15) is 0 Å². The topological polar surface area (TPSA) is 81.4 Å². The van der Waals surface area contributed by atoms with Crippen LogP contribution in [0.15, 0.2) is 24.8 Å². The van der Waals surface area contributed by atoms with E-state index in [2.05, 4.69) is 44.4 Å². The number of imidazole rings is 2. The molecule has 2 heterocycles. The SMILES string of the molecule is CCC(NCCCCCCNC(CC)c1ncc[nH]1)c1ncc[nH]1. The Balaban J connectivity index is 1.49. The van der Waals surface area contributed by atoms with Crippen LogP contribution in [0.4, 0.5) is 0 Å². The number of hydrogen-bond donors (Lipinski definition) is 4. The average Bonchev–Trinajstić information content (AvgIpc) is 3.30. The lowest BCUT2D eigenvalue weighted by Gasteiger charge is -2.15. The van der Waals surface area contributed by atoms with E-state index in [-0.39, 0.29) is 0 Å². The molecule has 0 amide bonds. The lowest BCUT2D eigenvalue weighted by Crippen LogP contribution is -2.23. The summed E-state index contributed by atoms with van der Waals surface area (Å²) in [7, 11) is 0. The fourth-order valence-electron chi connectivity index (χ4n) is 2.96. The zero-order valence-electron chi connectivity index (χ0n) is 15.0. The highest BCUT2D eigenvalue weighted by molar-refractivity contribution is 4.95. The Morgan fingerprint density at radius 1 is 0.792 bits per heavy atom. The Morgan fingerprint density at radius 2 is 1.25 bits per heavy atom. The number of rotatable bonds is 13. The fourth-order valence-corrected chi connectivity index (χ4v) is 2.96. The van der Waals surface area contributed by atoms with Crippen LogP contribution < -0.4 is 10.6 Å². The maximum Gasteiger partial charge on any atom is 0.123 e. The second kappa shape index (κ2) is 11.0. The second-order valence-corrected chi connectivity index (χ2v) is 6.19. The van der Waals surface area contributed by atoms with E-state index in [1.54, 1.807) is 0 Å². The minimum Gasteiger partial charge on any atom is -0.347 e. The van der Waals surface area contributed by atoms with Gasteiger partial charge >= 0.3 is 0 Å². The van der Waals surface area contributed by atoms with E-state index >= 15 is 0 Å². The molecule has 2 unspecified atom stereocenters. The number of aromatic amines is 2. The van der Waals surface area contributed by atoms with Crippen LogP contribution in [0, 0.1) is 0 Å². The third-order valence-corrected chi connectivity index (χ3v) is 4.40. The summed E-state index contributed by atoms with van der Waals surface area (Å²) in [5.41, 5.74) is 0. The van der Waals surface area contributed by atoms with Crippen molar-refractivity contribution in [1.29, 1.82) is 0 Å². The summed E-state index contributed by atoms with van der Waals surface area (Å²) in [5.74, 6) is 2.09. The van der Waals surface area contributed by atoms with E-state index in [0.717, 1.165) is 37.6 Å². The van der Waals surface area contributed by atoms with Crippen LogP contribution in [0.5, 0.6) is 0 Å². The molecule has 0 radical (unpaired) electrons. The van der Waals surface area contributed by atoms with Crippen molar-refractivity contribution >= 4 is 0 Å². The molecule has 2 rings (SSSR count). The minimum absolute atomic E-state index is 0.347. The molecule has 2 aromatic heterocycles. The van der Waals surface area contributed by atoms with Crippen molar-refractivity contribution in [3.05, 3.63) is 36.4 Å². The van der Waals surface area contributed by atoms with Crippen LogP contribution in [-0.4, -0.2) is 33.0 Å². The molecule has 0 aliphatic rings. The summed E-state index contributed by atoms with van der Waals surface area (Å²) in [4.78, 5) is 15.1. The lowest BCUT2D eigenvalue weighted by molar-refractivity contribution is 0.462. The maximum absolute atomic E-state index is 4.34. The van der Waals surface area contributed by atoms with E-state index in [1.165, 1.54) is 25.7 Å². The summed E-state index contributed by atoms with van der Waals surface area (Å²) in [5, 5.41) is 7.17. The van der Waals surface area contributed by atoms with E-state index in [0.29, 0.717) is 12.1 Å². The van der Waals surface area contributed by atoms with Crippen molar-refractivity contribution in [1.82, 2.24) is 30.6 Å². The molecule has 4 N–H and O–H groups in total. The summed E-state index contributed by atoms with van der Waals surface area (Å²) in [6, 6.07) is 0.695. The minimum atomic E-state index is 0.347. The molecule has 0 fully saturated rings. The molecule has 134 valence electrons. The largest absolute Gasteiger partial charge is 0.347 e. The molecule has 0 aromatic carbocycles. The first kappa shape index (κ1) is 18.7. The summed E-state index contributed by atoms with van der Waals surface area (Å²) < 4.78 is 0. The first-order valence-electron chi connectivity index (χ1n) is 9.30.